The molecule has 0 bridgehead atoms. The van der Waals surface area contributed by atoms with Crippen molar-refractivity contribution in [3.05, 3.63) is 111 Å². The van der Waals surface area contributed by atoms with Gasteiger partial charge >= 0.3 is 0 Å². The van der Waals surface area contributed by atoms with E-state index >= 15 is 0 Å². The molecule has 0 saturated carbocycles. The molecule has 202 valence electrons. The molecular weight excluding hydrogens is 538 g/mol. The Kier molecular flexibility index (Phi) is 8.42. The normalized spacial score (nSPS) is 12.2. The van der Waals surface area contributed by atoms with Crippen LogP contribution in [-0.2, 0) is 16.8 Å². The summed E-state index contributed by atoms with van der Waals surface area (Å²) < 4.78 is 16.7. The van der Waals surface area contributed by atoms with Gasteiger partial charge < -0.3 is 10.6 Å². The van der Waals surface area contributed by atoms with Gasteiger partial charge in [-0.15, -0.1) is 0 Å². The fraction of sp³-hybridized carbons (Fsp3) is 0.233. The van der Waals surface area contributed by atoms with E-state index in [2.05, 4.69) is 31.4 Å². The van der Waals surface area contributed by atoms with Crippen LogP contribution in [-0.4, -0.2) is 21.6 Å². The van der Waals surface area contributed by atoms with Crippen molar-refractivity contribution < 1.29 is 14.0 Å². The van der Waals surface area contributed by atoms with Crippen LogP contribution >= 0.6 is 23.2 Å². The molecule has 4 aromatic rings. The van der Waals surface area contributed by atoms with E-state index in [-0.39, 0.29) is 23.4 Å². The van der Waals surface area contributed by atoms with E-state index < -0.39 is 17.6 Å². The number of anilines is 1. The minimum Gasteiger partial charge on any atom is -0.350 e. The second-order valence-corrected chi connectivity index (χ2v) is 11.2. The van der Waals surface area contributed by atoms with Crippen molar-refractivity contribution in [3.63, 3.8) is 0 Å². The van der Waals surface area contributed by atoms with Crippen molar-refractivity contribution >= 4 is 40.7 Å². The van der Waals surface area contributed by atoms with Gasteiger partial charge in [-0.2, -0.15) is 5.10 Å². The first-order chi connectivity index (χ1) is 18.4. The number of rotatable bonds is 7. The molecule has 9 heteroatoms. The summed E-state index contributed by atoms with van der Waals surface area (Å²) in [5.41, 5.74) is 3.05. The Bertz CT molecular complexity index is 1510. The molecule has 0 aliphatic carbocycles. The molecule has 2 amide bonds. The molecule has 1 aromatic heterocycles. The maximum Gasteiger partial charge on any atom is 0.258 e. The smallest absolute Gasteiger partial charge is 0.258 e. The fourth-order valence-electron chi connectivity index (χ4n) is 3.94. The third-order valence-corrected chi connectivity index (χ3v) is 6.77. The van der Waals surface area contributed by atoms with E-state index in [1.165, 1.54) is 12.1 Å². The zero-order valence-electron chi connectivity index (χ0n) is 22.1. The molecule has 4 rings (SSSR count). The fourth-order valence-corrected chi connectivity index (χ4v) is 4.25. The highest BCUT2D eigenvalue weighted by Crippen LogP contribution is 2.25. The van der Waals surface area contributed by atoms with Crippen molar-refractivity contribution in [2.45, 2.75) is 45.6 Å². The Morgan fingerprint density at radius 2 is 1.69 bits per heavy atom. The highest BCUT2D eigenvalue weighted by atomic mass is 35.5. The van der Waals surface area contributed by atoms with Crippen LogP contribution < -0.4 is 10.6 Å². The van der Waals surface area contributed by atoms with Crippen molar-refractivity contribution in [2.75, 3.05) is 5.32 Å². The first-order valence-electron chi connectivity index (χ1n) is 12.4. The van der Waals surface area contributed by atoms with Gasteiger partial charge in [0, 0.05) is 21.1 Å². The highest BCUT2D eigenvalue weighted by Gasteiger charge is 2.23. The van der Waals surface area contributed by atoms with Gasteiger partial charge in [-0.25, -0.2) is 9.07 Å². The van der Waals surface area contributed by atoms with Gasteiger partial charge in [0.15, 0.2) is 0 Å². The third-order valence-electron chi connectivity index (χ3n) is 6.28. The molecule has 2 N–H and O–H groups in total. The maximum atomic E-state index is 14.9. The number of amides is 2. The third kappa shape index (κ3) is 6.85. The lowest BCUT2D eigenvalue weighted by atomic mass is 9.92. The predicted molar refractivity (Wildman–Crippen MR) is 153 cm³/mol. The van der Waals surface area contributed by atoms with E-state index in [1.54, 1.807) is 48.0 Å². The lowest BCUT2D eigenvalue weighted by molar-refractivity contribution is -0.122. The lowest BCUT2D eigenvalue weighted by Crippen LogP contribution is -2.28. The molecule has 3 aromatic carbocycles. The van der Waals surface area contributed by atoms with Crippen LogP contribution in [0.4, 0.5) is 10.1 Å². The molecule has 0 aliphatic rings. The molecule has 0 spiro atoms. The van der Waals surface area contributed by atoms with Crippen LogP contribution in [0.3, 0.4) is 0 Å². The molecule has 39 heavy (non-hydrogen) atoms. The largest absolute Gasteiger partial charge is 0.350 e. The van der Waals surface area contributed by atoms with Crippen LogP contribution in [0.25, 0.3) is 5.69 Å². The maximum absolute atomic E-state index is 14.9. The van der Waals surface area contributed by atoms with Gasteiger partial charge in [0.1, 0.15) is 5.82 Å². The highest BCUT2D eigenvalue weighted by molar-refractivity contribution is 6.31. The van der Waals surface area contributed by atoms with Crippen molar-refractivity contribution in [3.8, 4) is 5.69 Å². The van der Waals surface area contributed by atoms with Crippen LogP contribution in [0.2, 0.25) is 10.0 Å². The van der Waals surface area contributed by atoms with E-state index in [0.29, 0.717) is 21.3 Å². The first-order valence-corrected chi connectivity index (χ1v) is 13.2. The number of hydrogen-bond acceptors (Lipinski definition) is 3. The van der Waals surface area contributed by atoms with Gasteiger partial charge in [-0.05, 0) is 73.2 Å². The summed E-state index contributed by atoms with van der Waals surface area (Å²) >= 11 is 12.1. The minimum absolute atomic E-state index is 0.124. The van der Waals surface area contributed by atoms with Crippen LogP contribution in [0.15, 0.2) is 72.8 Å². The second-order valence-electron chi connectivity index (χ2n) is 10.3. The Morgan fingerprint density at radius 3 is 2.33 bits per heavy atom. The summed E-state index contributed by atoms with van der Waals surface area (Å²) in [4.78, 5) is 25.6. The molecular formula is C30H29Cl2FN4O2. The molecule has 0 radical (unpaired) electrons. The Hall–Kier alpha value is -3.68. The number of benzene rings is 3. The monoisotopic (exact) mass is 566 g/mol. The van der Waals surface area contributed by atoms with E-state index in [4.69, 9.17) is 28.3 Å². The summed E-state index contributed by atoms with van der Waals surface area (Å²) in [5, 5.41) is 11.4. The van der Waals surface area contributed by atoms with Gasteiger partial charge in [0.2, 0.25) is 5.91 Å². The van der Waals surface area contributed by atoms with E-state index in [0.717, 1.165) is 17.1 Å². The van der Waals surface area contributed by atoms with Crippen molar-refractivity contribution in [2.24, 2.45) is 0 Å². The van der Waals surface area contributed by atoms with Gasteiger partial charge in [0.05, 0.1) is 35.1 Å². The number of nitrogens with one attached hydrogen (secondary N) is 2. The quantitative estimate of drug-likeness (QED) is 0.246. The Balaban J connectivity index is 1.47. The summed E-state index contributed by atoms with van der Waals surface area (Å²) in [6, 6.07) is 20.0. The summed E-state index contributed by atoms with van der Waals surface area (Å²) in [7, 11) is 0. The second kappa shape index (κ2) is 11.6. The number of carbonyl (C=O) groups is 2. The number of carbonyl (C=O) groups excluding carboxylic acids is 2. The number of hydrogen-bond donors (Lipinski definition) is 2. The summed E-state index contributed by atoms with van der Waals surface area (Å²) in [5.74, 6) is -2.25. The van der Waals surface area contributed by atoms with E-state index in [9.17, 15) is 14.0 Å². The van der Waals surface area contributed by atoms with Crippen LogP contribution in [0.5, 0.6) is 0 Å². The summed E-state index contributed by atoms with van der Waals surface area (Å²) in [6.45, 7) is 8.09. The molecule has 0 saturated heterocycles. The zero-order chi connectivity index (χ0) is 28.3. The Morgan fingerprint density at radius 1 is 0.974 bits per heavy atom. The van der Waals surface area contributed by atoms with Crippen LogP contribution in [0, 0.1) is 5.82 Å². The topological polar surface area (TPSA) is 76.0 Å². The minimum atomic E-state index is -0.715. The molecule has 1 unspecified atom stereocenters. The van der Waals surface area contributed by atoms with Crippen molar-refractivity contribution in [1.29, 1.82) is 0 Å². The standard InChI is InChI=1S/C30H29Cl2FN4O2/c1-18(19-8-13-25(26(33)14-19)29(39)35-22-11-9-20(31)10-12-22)28(38)34-17-24-16-27(30(2,3)4)36-37(24)23-7-5-6-21(32)15-23/h5-16,18H,17H2,1-4H3,(H,34,38)(H,35,39). The van der Waals surface area contributed by atoms with Crippen molar-refractivity contribution in [1.82, 2.24) is 15.1 Å². The number of halogens is 3. The van der Waals surface area contributed by atoms with Gasteiger partial charge in [-0.3, -0.25) is 9.59 Å². The molecule has 6 nitrogen and oxygen atoms in total. The molecule has 0 fully saturated rings. The molecule has 1 atom stereocenters. The SMILES string of the molecule is CC(C(=O)NCc1cc(C(C)(C)C)nn1-c1cccc(Cl)c1)c1ccc(C(=O)Nc2ccc(Cl)cc2)c(F)c1. The first kappa shape index (κ1) is 28.3. The predicted octanol–water partition coefficient (Wildman–Crippen LogP) is 7.29. The summed E-state index contributed by atoms with van der Waals surface area (Å²) in [6.07, 6.45) is 0. The lowest BCUT2D eigenvalue weighted by Gasteiger charge is -2.15. The molecule has 1 heterocycles. The number of nitrogens with zero attached hydrogens (tertiary/aromatic N) is 2. The van der Waals surface area contributed by atoms with E-state index in [1.807, 2.05) is 24.3 Å². The van der Waals surface area contributed by atoms with Gasteiger partial charge in [0.25, 0.3) is 5.91 Å². The molecule has 0 aliphatic heterocycles. The van der Waals surface area contributed by atoms with Gasteiger partial charge in [-0.1, -0.05) is 56.1 Å². The number of aromatic nitrogens is 2. The Labute approximate surface area is 237 Å². The average Bonchev–Trinajstić information content (AvgIpc) is 3.33. The van der Waals surface area contributed by atoms with Crippen LogP contribution in [0.1, 0.15) is 60.9 Å². The zero-order valence-corrected chi connectivity index (χ0v) is 23.6. The average molecular weight is 567 g/mol.